The van der Waals surface area contributed by atoms with Crippen molar-refractivity contribution >= 4 is 17.9 Å². The summed E-state index contributed by atoms with van der Waals surface area (Å²) >= 11 is 0. The average molecular weight is 931 g/mol. The van der Waals surface area contributed by atoms with Crippen LogP contribution in [0.15, 0.2) is 97.2 Å². The van der Waals surface area contributed by atoms with Crippen molar-refractivity contribution in [1.82, 2.24) is 0 Å². The van der Waals surface area contributed by atoms with Crippen LogP contribution in [0.25, 0.3) is 0 Å². The molecule has 6 heteroatoms. The fourth-order valence-electron chi connectivity index (χ4n) is 7.32. The molecule has 0 saturated carbocycles. The van der Waals surface area contributed by atoms with Crippen LogP contribution in [0.5, 0.6) is 0 Å². The van der Waals surface area contributed by atoms with E-state index in [0.717, 1.165) is 83.5 Å². The highest BCUT2D eigenvalue weighted by atomic mass is 16.6. The second-order valence-electron chi connectivity index (χ2n) is 18.1. The van der Waals surface area contributed by atoms with Crippen molar-refractivity contribution in [2.75, 3.05) is 13.2 Å². The van der Waals surface area contributed by atoms with E-state index in [9.17, 15) is 14.4 Å². The van der Waals surface area contributed by atoms with Gasteiger partial charge in [-0.3, -0.25) is 14.4 Å². The zero-order valence-electron chi connectivity index (χ0n) is 43.6. The lowest BCUT2D eigenvalue weighted by molar-refractivity contribution is -0.166. The normalized spacial score (nSPS) is 12.8. The predicted molar refractivity (Wildman–Crippen MR) is 288 cm³/mol. The minimum atomic E-state index is -0.823. The second-order valence-corrected chi connectivity index (χ2v) is 18.1. The van der Waals surface area contributed by atoms with E-state index in [1.54, 1.807) is 0 Å². The molecule has 0 spiro atoms. The molecule has 0 amide bonds. The fourth-order valence-corrected chi connectivity index (χ4v) is 7.32. The predicted octanol–water partition coefficient (Wildman–Crippen LogP) is 18.5. The van der Waals surface area contributed by atoms with Crippen LogP contribution in [-0.4, -0.2) is 37.2 Å². The first-order valence-electron chi connectivity index (χ1n) is 27.7. The summed E-state index contributed by atoms with van der Waals surface area (Å²) in [5.41, 5.74) is 0. The second kappa shape index (κ2) is 54.9. The Bertz CT molecular complexity index is 1350. The maximum Gasteiger partial charge on any atom is 0.306 e. The van der Waals surface area contributed by atoms with Gasteiger partial charge in [-0.25, -0.2) is 0 Å². The largest absolute Gasteiger partial charge is 0.462 e. The van der Waals surface area contributed by atoms with Crippen molar-refractivity contribution in [2.24, 2.45) is 0 Å². The molecule has 382 valence electrons. The highest BCUT2D eigenvalue weighted by molar-refractivity contribution is 5.71. The molecule has 0 unspecified atom stereocenters. The first kappa shape index (κ1) is 63.3. The Morgan fingerprint density at radius 2 is 0.582 bits per heavy atom. The van der Waals surface area contributed by atoms with E-state index in [1.807, 2.05) is 6.08 Å². The Kier molecular flexibility index (Phi) is 51.9. The Morgan fingerprint density at radius 3 is 0.955 bits per heavy atom. The Labute approximate surface area is 413 Å². The van der Waals surface area contributed by atoms with E-state index in [4.69, 9.17) is 14.2 Å². The maximum atomic E-state index is 12.8. The minimum Gasteiger partial charge on any atom is -0.462 e. The molecule has 67 heavy (non-hydrogen) atoms. The maximum absolute atomic E-state index is 12.8. The number of hydrogen-bond acceptors (Lipinski definition) is 6. The minimum absolute atomic E-state index is 0.112. The molecule has 6 nitrogen and oxygen atoms in total. The Hall–Kier alpha value is -3.67. The van der Waals surface area contributed by atoms with Crippen molar-refractivity contribution in [2.45, 2.75) is 258 Å². The molecule has 0 heterocycles. The van der Waals surface area contributed by atoms with Crippen molar-refractivity contribution in [3.63, 3.8) is 0 Å². The summed E-state index contributed by atoms with van der Waals surface area (Å²) in [7, 11) is 0. The average Bonchev–Trinajstić information content (AvgIpc) is 3.33. The highest BCUT2D eigenvalue weighted by Crippen LogP contribution is 2.14. The molecule has 0 aliphatic carbocycles. The lowest BCUT2D eigenvalue weighted by atomic mass is 10.1. The van der Waals surface area contributed by atoms with Gasteiger partial charge in [0.1, 0.15) is 13.2 Å². The van der Waals surface area contributed by atoms with Gasteiger partial charge in [0.25, 0.3) is 0 Å². The van der Waals surface area contributed by atoms with Crippen LogP contribution in [0, 0.1) is 0 Å². The van der Waals surface area contributed by atoms with Gasteiger partial charge in [0.2, 0.25) is 0 Å². The van der Waals surface area contributed by atoms with Gasteiger partial charge in [0, 0.05) is 19.3 Å². The highest BCUT2D eigenvalue weighted by Gasteiger charge is 2.19. The molecule has 1 atom stereocenters. The summed E-state index contributed by atoms with van der Waals surface area (Å²) in [6.45, 7) is 6.47. The van der Waals surface area contributed by atoms with Gasteiger partial charge in [0.15, 0.2) is 6.10 Å². The zero-order valence-corrected chi connectivity index (χ0v) is 43.6. The number of rotatable bonds is 49. The zero-order chi connectivity index (χ0) is 48.6. The van der Waals surface area contributed by atoms with Gasteiger partial charge < -0.3 is 14.2 Å². The fraction of sp³-hybridized carbons (Fsp3) is 0.689. The summed E-state index contributed by atoms with van der Waals surface area (Å²) < 4.78 is 16.7. The molecular weight excluding hydrogens is 829 g/mol. The smallest absolute Gasteiger partial charge is 0.306 e. The molecule has 0 aromatic rings. The molecule has 0 rings (SSSR count). The molecule has 0 N–H and O–H groups in total. The van der Waals surface area contributed by atoms with Crippen molar-refractivity contribution in [1.29, 1.82) is 0 Å². The quantitative estimate of drug-likeness (QED) is 0.0262. The van der Waals surface area contributed by atoms with Crippen LogP contribution in [0.4, 0.5) is 0 Å². The number of ether oxygens (including phenoxy) is 3. The number of unbranched alkanes of at least 4 members (excludes halogenated alkanes) is 22. The van der Waals surface area contributed by atoms with Gasteiger partial charge in [0.05, 0.1) is 0 Å². The molecule has 0 aliphatic rings. The van der Waals surface area contributed by atoms with E-state index in [2.05, 4.69) is 112 Å². The summed E-state index contributed by atoms with van der Waals surface area (Å²) in [5, 5.41) is 0. The van der Waals surface area contributed by atoms with Crippen molar-refractivity contribution in [3.05, 3.63) is 97.2 Å². The Morgan fingerprint density at radius 1 is 0.299 bits per heavy atom. The van der Waals surface area contributed by atoms with Crippen LogP contribution < -0.4 is 0 Å². The van der Waals surface area contributed by atoms with Crippen molar-refractivity contribution < 1.29 is 28.6 Å². The lowest BCUT2D eigenvalue weighted by Gasteiger charge is -2.18. The monoisotopic (exact) mass is 931 g/mol. The number of esters is 3. The molecular formula is C61H102O6. The first-order valence-corrected chi connectivity index (χ1v) is 27.7. The summed E-state index contributed by atoms with van der Waals surface area (Å²) in [5.74, 6) is -1.01. The number of carbonyl (C=O) groups is 3. The molecule has 0 radical (unpaired) electrons. The molecule has 0 saturated heterocycles. The number of allylic oxidation sites excluding steroid dienone is 16. The lowest BCUT2D eigenvalue weighted by Crippen LogP contribution is -2.30. The molecule has 0 bridgehead atoms. The standard InChI is InChI=1S/C61H102O6/c1-4-7-10-13-16-19-22-24-26-28-30-32-34-36-39-42-45-48-51-54-60(63)66-57-58(56-65-59(62)53-50-47-44-41-38-21-18-15-12-9-6-3)67-61(64)55-52-49-46-43-40-37-35-33-31-29-27-25-23-20-17-14-11-8-5-2/h15-20,24-27,31,33,37,40,46,49,58H,4-14,21-23,28-30,32,34-36,38-39,41-45,47-48,50-57H2,1-3H3/b18-15-,19-16-,20-17-,26-24-,27-25-,33-31-,40-37-,49-46-/t58-/m0/s1. The van der Waals surface area contributed by atoms with E-state index in [0.29, 0.717) is 19.3 Å². The van der Waals surface area contributed by atoms with Crippen molar-refractivity contribution in [3.8, 4) is 0 Å². The van der Waals surface area contributed by atoms with E-state index in [-0.39, 0.29) is 31.6 Å². The van der Waals surface area contributed by atoms with Crippen LogP contribution in [0.2, 0.25) is 0 Å². The summed E-state index contributed by atoms with van der Waals surface area (Å²) in [6.07, 6.45) is 72.6. The van der Waals surface area contributed by atoms with Crippen LogP contribution in [-0.2, 0) is 28.6 Å². The third-order valence-corrected chi connectivity index (χ3v) is 11.5. The SMILES string of the molecule is CCCC/C=C\CCCCCCCC(=O)OC[C@@H](COC(=O)CCCCCCCCCCC/C=C\C/C=C\CCCCC)OC(=O)CC/C=C\C/C=C\C/C=C\C/C=C\C/C=C\CCCCC. The van der Waals surface area contributed by atoms with Crippen LogP contribution in [0.3, 0.4) is 0 Å². The van der Waals surface area contributed by atoms with E-state index in [1.165, 1.54) is 122 Å². The van der Waals surface area contributed by atoms with Gasteiger partial charge in [-0.1, -0.05) is 221 Å². The van der Waals surface area contributed by atoms with Gasteiger partial charge in [-0.2, -0.15) is 0 Å². The number of carbonyl (C=O) groups excluding carboxylic acids is 3. The summed E-state index contributed by atoms with van der Waals surface area (Å²) in [4.78, 5) is 38.0. The van der Waals surface area contributed by atoms with Gasteiger partial charge in [-0.15, -0.1) is 0 Å². The third-order valence-electron chi connectivity index (χ3n) is 11.5. The van der Waals surface area contributed by atoms with Crippen LogP contribution in [0.1, 0.15) is 252 Å². The Balaban J connectivity index is 4.47. The van der Waals surface area contributed by atoms with Crippen LogP contribution >= 0.6 is 0 Å². The molecule has 0 aliphatic heterocycles. The molecule has 0 aromatic carbocycles. The van der Waals surface area contributed by atoms with Gasteiger partial charge in [-0.05, 0) is 109 Å². The molecule has 0 fully saturated rings. The van der Waals surface area contributed by atoms with E-state index < -0.39 is 12.1 Å². The summed E-state index contributed by atoms with van der Waals surface area (Å²) in [6, 6.07) is 0. The third kappa shape index (κ3) is 53.2. The number of hydrogen-bond donors (Lipinski definition) is 0. The van der Waals surface area contributed by atoms with Gasteiger partial charge >= 0.3 is 17.9 Å². The topological polar surface area (TPSA) is 78.9 Å². The first-order chi connectivity index (χ1) is 33.0. The van der Waals surface area contributed by atoms with E-state index >= 15 is 0 Å². The molecule has 0 aromatic heterocycles.